The molecule has 2 rings (SSSR count). The monoisotopic (exact) mass is 334 g/mol. The van der Waals surface area contributed by atoms with Gasteiger partial charge in [0.15, 0.2) is 5.82 Å². The maximum atomic E-state index is 12.9. The SMILES string of the molecule is Cc1cc(NS(=O)(=O)c2ccc(F)cc2Br)no1. The number of hydrogen-bond donors (Lipinski definition) is 1. The van der Waals surface area contributed by atoms with Crippen LogP contribution < -0.4 is 4.72 Å². The van der Waals surface area contributed by atoms with Gasteiger partial charge < -0.3 is 4.52 Å². The fourth-order valence-electron chi connectivity index (χ4n) is 1.30. The summed E-state index contributed by atoms with van der Waals surface area (Å²) in [5.74, 6) is 0.0210. The molecule has 0 amide bonds. The van der Waals surface area contributed by atoms with Crippen molar-refractivity contribution >= 4 is 31.8 Å². The van der Waals surface area contributed by atoms with Crippen LogP contribution in [0.3, 0.4) is 0 Å². The molecule has 0 fully saturated rings. The van der Waals surface area contributed by atoms with Crippen LogP contribution in [0.1, 0.15) is 5.76 Å². The van der Waals surface area contributed by atoms with E-state index in [0.717, 1.165) is 18.2 Å². The van der Waals surface area contributed by atoms with E-state index in [9.17, 15) is 12.8 Å². The average Bonchev–Trinajstić information content (AvgIpc) is 2.62. The molecule has 1 aromatic heterocycles. The third-order valence-electron chi connectivity index (χ3n) is 2.05. The molecule has 0 saturated carbocycles. The number of nitrogens with zero attached hydrogens (tertiary/aromatic N) is 1. The number of sulfonamides is 1. The Morgan fingerprint density at radius 2 is 2.11 bits per heavy atom. The fourth-order valence-corrected chi connectivity index (χ4v) is 3.33. The van der Waals surface area contributed by atoms with Gasteiger partial charge in [0, 0.05) is 10.5 Å². The van der Waals surface area contributed by atoms with Crippen LogP contribution in [-0.2, 0) is 10.0 Å². The molecule has 1 aromatic carbocycles. The van der Waals surface area contributed by atoms with E-state index < -0.39 is 15.8 Å². The average molecular weight is 335 g/mol. The maximum Gasteiger partial charge on any atom is 0.264 e. The topological polar surface area (TPSA) is 72.2 Å². The second-order valence-corrected chi connectivity index (χ2v) is 6.01. The predicted molar refractivity (Wildman–Crippen MR) is 66.1 cm³/mol. The molecule has 0 radical (unpaired) electrons. The van der Waals surface area contributed by atoms with Gasteiger partial charge >= 0.3 is 0 Å². The summed E-state index contributed by atoms with van der Waals surface area (Å²) in [6.07, 6.45) is 0. The van der Waals surface area contributed by atoms with E-state index in [1.54, 1.807) is 6.92 Å². The van der Waals surface area contributed by atoms with Crippen LogP contribution in [0.2, 0.25) is 0 Å². The second-order valence-electron chi connectivity index (χ2n) is 3.50. The molecule has 0 unspecified atom stereocenters. The quantitative estimate of drug-likeness (QED) is 0.936. The first-order valence-corrected chi connectivity index (χ1v) is 7.07. The molecule has 0 saturated heterocycles. The maximum absolute atomic E-state index is 12.9. The van der Waals surface area contributed by atoms with Gasteiger partial charge in [-0.1, -0.05) is 5.16 Å². The highest BCUT2D eigenvalue weighted by atomic mass is 79.9. The molecular formula is C10H8BrFN2O3S. The van der Waals surface area contributed by atoms with Gasteiger partial charge in [0.2, 0.25) is 0 Å². The first-order chi connectivity index (χ1) is 8.38. The summed E-state index contributed by atoms with van der Waals surface area (Å²) >= 11 is 3.00. The summed E-state index contributed by atoms with van der Waals surface area (Å²) in [4.78, 5) is -0.0791. The van der Waals surface area contributed by atoms with E-state index in [4.69, 9.17) is 4.52 Å². The van der Waals surface area contributed by atoms with Crippen molar-refractivity contribution in [1.29, 1.82) is 0 Å². The number of benzene rings is 1. The van der Waals surface area contributed by atoms with Gasteiger partial charge in [-0.15, -0.1) is 0 Å². The zero-order valence-electron chi connectivity index (χ0n) is 9.15. The molecule has 0 atom stereocenters. The van der Waals surface area contributed by atoms with Gasteiger partial charge in [0.1, 0.15) is 16.5 Å². The Hall–Kier alpha value is -1.41. The Bertz CT molecular complexity index is 684. The molecular weight excluding hydrogens is 327 g/mol. The van der Waals surface area contributed by atoms with E-state index in [0.29, 0.717) is 5.76 Å². The van der Waals surface area contributed by atoms with Crippen molar-refractivity contribution in [2.24, 2.45) is 0 Å². The molecule has 0 aliphatic carbocycles. The van der Waals surface area contributed by atoms with Crippen molar-refractivity contribution in [1.82, 2.24) is 5.16 Å². The molecule has 0 spiro atoms. The van der Waals surface area contributed by atoms with Gasteiger partial charge in [-0.3, -0.25) is 4.72 Å². The minimum absolute atomic E-state index is 0.0729. The normalized spacial score (nSPS) is 11.5. The third kappa shape index (κ3) is 2.70. The summed E-state index contributed by atoms with van der Waals surface area (Å²) in [5, 5.41) is 3.52. The number of aryl methyl sites for hydroxylation is 1. The van der Waals surface area contributed by atoms with Crippen molar-refractivity contribution < 1.29 is 17.3 Å². The van der Waals surface area contributed by atoms with E-state index in [2.05, 4.69) is 25.8 Å². The van der Waals surface area contributed by atoms with Crippen LogP contribution in [0.25, 0.3) is 0 Å². The molecule has 18 heavy (non-hydrogen) atoms. The molecule has 1 heterocycles. The van der Waals surface area contributed by atoms with Crippen LogP contribution in [0.4, 0.5) is 10.2 Å². The smallest absolute Gasteiger partial charge is 0.264 e. The second kappa shape index (κ2) is 4.69. The van der Waals surface area contributed by atoms with Gasteiger partial charge in [0.05, 0.1) is 0 Å². The van der Waals surface area contributed by atoms with Crippen molar-refractivity contribution in [3.8, 4) is 0 Å². The highest BCUT2D eigenvalue weighted by Crippen LogP contribution is 2.24. The predicted octanol–water partition coefficient (Wildman–Crippen LogP) is 2.69. The largest absolute Gasteiger partial charge is 0.360 e. The minimum atomic E-state index is -3.83. The van der Waals surface area contributed by atoms with E-state index in [1.165, 1.54) is 6.07 Å². The van der Waals surface area contributed by atoms with E-state index in [-0.39, 0.29) is 15.2 Å². The van der Waals surface area contributed by atoms with Crippen molar-refractivity contribution in [3.63, 3.8) is 0 Å². The number of anilines is 1. The number of hydrogen-bond acceptors (Lipinski definition) is 4. The van der Waals surface area contributed by atoms with Gasteiger partial charge in [-0.25, -0.2) is 12.8 Å². The van der Waals surface area contributed by atoms with Gasteiger partial charge in [-0.2, -0.15) is 0 Å². The van der Waals surface area contributed by atoms with Crippen molar-refractivity contribution in [2.45, 2.75) is 11.8 Å². The number of nitrogens with one attached hydrogen (secondary N) is 1. The van der Waals surface area contributed by atoms with Gasteiger partial charge in [0.25, 0.3) is 10.0 Å². The summed E-state index contributed by atoms with van der Waals surface area (Å²) < 4.78 is 44.0. The molecule has 0 aliphatic heterocycles. The number of halogens is 2. The Balaban J connectivity index is 2.36. The highest BCUT2D eigenvalue weighted by molar-refractivity contribution is 9.10. The van der Waals surface area contributed by atoms with Crippen LogP contribution in [-0.4, -0.2) is 13.6 Å². The summed E-state index contributed by atoms with van der Waals surface area (Å²) in [6.45, 7) is 1.64. The molecule has 5 nitrogen and oxygen atoms in total. The molecule has 2 aromatic rings. The van der Waals surface area contributed by atoms with Crippen molar-refractivity contribution in [2.75, 3.05) is 4.72 Å². The zero-order valence-corrected chi connectivity index (χ0v) is 11.5. The van der Waals surface area contributed by atoms with E-state index in [1.807, 2.05) is 0 Å². The number of rotatable bonds is 3. The lowest BCUT2D eigenvalue weighted by Crippen LogP contribution is -2.13. The Morgan fingerprint density at radius 1 is 1.39 bits per heavy atom. The van der Waals surface area contributed by atoms with Crippen molar-refractivity contribution in [3.05, 3.63) is 40.3 Å². The molecule has 0 aliphatic rings. The third-order valence-corrected chi connectivity index (χ3v) is 4.38. The highest BCUT2D eigenvalue weighted by Gasteiger charge is 2.19. The Labute approximate surface area is 111 Å². The van der Waals surface area contributed by atoms with E-state index >= 15 is 0 Å². The van der Waals surface area contributed by atoms with Crippen LogP contribution >= 0.6 is 15.9 Å². The number of aromatic nitrogens is 1. The molecule has 8 heteroatoms. The van der Waals surface area contributed by atoms with Gasteiger partial charge in [-0.05, 0) is 41.1 Å². The van der Waals surface area contributed by atoms with Crippen LogP contribution in [0.15, 0.2) is 38.2 Å². The lowest BCUT2D eigenvalue weighted by Gasteiger charge is -2.06. The summed E-state index contributed by atoms with van der Waals surface area (Å²) in [5.41, 5.74) is 0. The molecule has 1 N–H and O–H groups in total. The Kier molecular flexibility index (Phi) is 3.40. The molecule has 96 valence electrons. The minimum Gasteiger partial charge on any atom is -0.360 e. The Morgan fingerprint density at radius 3 is 2.67 bits per heavy atom. The fraction of sp³-hybridized carbons (Fsp3) is 0.100. The first-order valence-electron chi connectivity index (χ1n) is 4.80. The summed E-state index contributed by atoms with van der Waals surface area (Å²) in [6, 6.07) is 4.74. The summed E-state index contributed by atoms with van der Waals surface area (Å²) in [7, 11) is -3.83. The molecule has 0 bridgehead atoms. The van der Waals surface area contributed by atoms with Crippen LogP contribution in [0, 0.1) is 12.7 Å². The van der Waals surface area contributed by atoms with Crippen LogP contribution in [0.5, 0.6) is 0 Å². The lowest BCUT2D eigenvalue weighted by molar-refractivity contribution is 0.400. The standard InChI is InChI=1S/C10H8BrFN2O3S/c1-6-4-10(13-17-6)14-18(15,16)9-3-2-7(12)5-8(9)11/h2-5H,1H3,(H,13,14). The zero-order chi connectivity index (χ0) is 13.3. The lowest BCUT2D eigenvalue weighted by atomic mass is 10.3. The first kappa shape index (κ1) is 13.0.